The van der Waals surface area contributed by atoms with Gasteiger partial charge < -0.3 is 9.57 Å². The van der Waals surface area contributed by atoms with Gasteiger partial charge in [0.15, 0.2) is 6.61 Å². The summed E-state index contributed by atoms with van der Waals surface area (Å²) in [5, 5.41) is 3.23. The van der Waals surface area contributed by atoms with Crippen LogP contribution in [0.15, 0.2) is 5.16 Å². The summed E-state index contributed by atoms with van der Waals surface area (Å²) < 4.78 is 4.53. The van der Waals surface area contributed by atoms with E-state index in [1.165, 1.54) is 0 Å². The van der Waals surface area contributed by atoms with Crippen molar-refractivity contribution in [3.8, 4) is 0 Å². The van der Waals surface area contributed by atoms with Crippen LogP contribution >= 0.6 is 0 Å². The molecule has 1 rings (SSSR count). The van der Waals surface area contributed by atoms with Crippen molar-refractivity contribution in [3.05, 3.63) is 0 Å². The van der Waals surface area contributed by atoms with Crippen molar-refractivity contribution in [2.24, 2.45) is 5.16 Å². The van der Waals surface area contributed by atoms with E-state index in [0.29, 0.717) is 0 Å². The second-order valence-corrected chi connectivity index (χ2v) is 1.86. The molecule has 0 saturated heterocycles. The van der Waals surface area contributed by atoms with E-state index in [2.05, 4.69) is 14.7 Å². The molecule has 0 N–H and O–H groups in total. The predicted molar refractivity (Wildman–Crippen MR) is 35.0 cm³/mol. The first kappa shape index (κ1) is 7.71. The standard InChI is InChI=1S/C6H7NO4/c1-2-10-6(9)5-4(8)3-11-7-5/h2-3H2,1H3. The highest BCUT2D eigenvalue weighted by Gasteiger charge is 2.27. The van der Waals surface area contributed by atoms with Crippen LogP contribution in [-0.4, -0.2) is 30.7 Å². The zero-order chi connectivity index (χ0) is 8.27. The number of oxime groups is 1. The molecule has 0 spiro atoms. The van der Waals surface area contributed by atoms with E-state index in [1.807, 2.05) is 0 Å². The van der Waals surface area contributed by atoms with Crippen molar-refractivity contribution >= 4 is 17.5 Å². The van der Waals surface area contributed by atoms with Gasteiger partial charge in [0, 0.05) is 0 Å². The smallest absolute Gasteiger partial charge is 0.364 e. The molecule has 0 aliphatic carbocycles. The van der Waals surface area contributed by atoms with Gasteiger partial charge in [-0.05, 0) is 6.92 Å². The van der Waals surface area contributed by atoms with Crippen molar-refractivity contribution < 1.29 is 19.2 Å². The summed E-state index contributed by atoms with van der Waals surface area (Å²) >= 11 is 0. The molecular weight excluding hydrogens is 150 g/mol. The third-order valence-corrected chi connectivity index (χ3v) is 1.08. The maximum Gasteiger partial charge on any atom is 0.364 e. The number of ether oxygens (including phenoxy) is 1. The third-order valence-electron chi connectivity index (χ3n) is 1.08. The number of nitrogens with zero attached hydrogens (tertiary/aromatic N) is 1. The van der Waals surface area contributed by atoms with E-state index >= 15 is 0 Å². The quantitative estimate of drug-likeness (QED) is 0.507. The molecule has 5 heteroatoms. The molecule has 0 atom stereocenters. The Bertz CT molecular complexity index is 221. The summed E-state index contributed by atoms with van der Waals surface area (Å²) in [4.78, 5) is 25.9. The Kier molecular flexibility index (Phi) is 2.20. The molecule has 0 aromatic heterocycles. The van der Waals surface area contributed by atoms with Gasteiger partial charge >= 0.3 is 5.97 Å². The Labute approximate surface area is 63.0 Å². The van der Waals surface area contributed by atoms with Crippen LogP contribution in [-0.2, 0) is 19.2 Å². The van der Waals surface area contributed by atoms with E-state index in [4.69, 9.17) is 0 Å². The molecule has 60 valence electrons. The van der Waals surface area contributed by atoms with Crippen LogP contribution in [0.5, 0.6) is 0 Å². The highest BCUT2D eigenvalue weighted by Crippen LogP contribution is 1.97. The first-order valence-corrected chi connectivity index (χ1v) is 3.16. The Morgan fingerprint density at radius 1 is 1.82 bits per heavy atom. The second kappa shape index (κ2) is 3.14. The molecule has 0 unspecified atom stereocenters. The number of Topliss-reactive ketones (excluding diaryl/α,β-unsaturated/α-hetero) is 1. The van der Waals surface area contributed by atoms with Crippen molar-refractivity contribution in [1.29, 1.82) is 0 Å². The number of rotatable bonds is 2. The van der Waals surface area contributed by atoms with Crippen LogP contribution < -0.4 is 0 Å². The van der Waals surface area contributed by atoms with E-state index < -0.39 is 11.8 Å². The molecule has 0 aromatic carbocycles. The number of hydrogen-bond acceptors (Lipinski definition) is 5. The minimum atomic E-state index is -0.713. The maximum atomic E-state index is 10.8. The molecule has 11 heavy (non-hydrogen) atoms. The van der Waals surface area contributed by atoms with E-state index in [0.717, 1.165) is 0 Å². The second-order valence-electron chi connectivity index (χ2n) is 1.86. The van der Waals surface area contributed by atoms with Gasteiger partial charge in [-0.2, -0.15) is 0 Å². The first-order chi connectivity index (χ1) is 5.25. The fraction of sp³-hybridized carbons (Fsp3) is 0.500. The number of esters is 1. The number of carbonyl (C=O) groups excluding carboxylic acids is 2. The number of hydrogen-bond donors (Lipinski definition) is 0. The lowest BCUT2D eigenvalue weighted by Crippen LogP contribution is -2.24. The molecule has 0 bridgehead atoms. The minimum Gasteiger partial charge on any atom is -0.461 e. The lowest BCUT2D eigenvalue weighted by atomic mass is 10.3. The highest BCUT2D eigenvalue weighted by atomic mass is 16.6. The molecule has 0 fully saturated rings. The largest absolute Gasteiger partial charge is 0.461 e. The van der Waals surface area contributed by atoms with Crippen LogP contribution in [0, 0.1) is 0 Å². The van der Waals surface area contributed by atoms with Crippen LogP contribution in [0.2, 0.25) is 0 Å². The zero-order valence-corrected chi connectivity index (χ0v) is 5.99. The van der Waals surface area contributed by atoms with Crippen LogP contribution in [0.3, 0.4) is 0 Å². The van der Waals surface area contributed by atoms with Crippen molar-refractivity contribution in [3.63, 3.8) is 0 Å². The summed E-state index contributed by atoms with van der Waals surface area (Å²) in [7, 11) is 0. The average Bonchev–Trinajstić information content (AvgIpc) is 2.36. The van der Waals surface area contributed by atoms with Gasteiger partial charge in [0.1, 0.15) is 0 Å². The van der Waals surface area contributed by atoms with Gasteiger partial charge in [-0.3, -0.25) is 4.79 Å². The molecule has 0 saturated carbocycles. The van der Waals surface area contributed by atoms with Crippen LogP contribution in [0.1, 0.15) is 6.92 Å². The monoisotopic (exact) mass is 157 g/mol. The maximum absolute atomic E-state index is 10.8. The van der Waals surface area contributed by atoms with Gasteiger partial charge in [0.05, 0.1) is 6.61 Å². The summed E-state index contributed by atoms with van der Waals surface area (Å²) in [5.41, 5.74) is -0.244. The molecule has 5 nitrogen and oxygen atoms in total. The molecule has 1 heterocycles. The fourth-order valence-electron chi connectivity index (χ4n) is 0.625. The first-order valence-electron chi connectivity index (χ1n) is 3.16. The Balaban J connectivity index is 2.60. The van der Waals surface area contributed by atoms with Gasteiger partial charge in [0.2, 0.25) is 11.5 Å². The number of ketones is 1. The lowest BCUT2D eigenvalue weighted by molar-refractivity contribution is -0.135. The summed E-state index contributed by atoms with van der Waals surface area (Å²) in [6, 6.07) is 0. The van der Waals surface area contributed by atoms with Gasteiger partial charge in [0.25, 0.3) is 0 Å². The topological polar surface area (TPSA) is 65.0 Å². The van der Waals surface area contributed by atoms with Crippen molar-refractivity contribution in [2.45, 2.75) is 6.92 Å². The zero-order valence-electron chi connectivity index (χ0n) is 5.99. The normalized spacial score (nSPS) is 15.7. The van der Waals surface area contributed by atoms with Crippen molar-refractivity contribution in [2.75, 3.05) is 13.2 Å². The molecular formula is C6H7NO4. The van der Waals surface area contributed by atoms with Crippen LogP contribution in [0.4, 0.5) is 0 Å². The van der Waals surface area contributed by atoms with Crippen LogP contribution in [0.25, 0.3) is 0 Å². The van der Waals surface area contributed by atoms with E-state index in [-0.39, 0.29) is 18.9 Å². The van der Waals surface area contributed by atoms with E-state index in [1.54, 1.807) is 6.92 Å². The molecule has 1 aliphatic rings. The average molecular weight is 157 g/mol. The lowest BCUT2D eigenvalue weighted by Gasteiger charge is -1.95. The number of carbonyl (C=O) groups is 2. The molecule has 0 aromatic rings. The molecule has 0 radical (unpaired) electrons. The highest BCUT2D eigenvalue weighted by molar-refractivity contribution is 6.65. The van der Waals surface area contributed by atoms with Gasteiger partial charge in [-0.15, -0.1) is 0 Å². The molecule has 0 amide bonds. The van der Waals surface area contributed by atoms with E-state index in [9.17, 15) is 9.59 Å². The van der Waals surface area contributed by atoms with Crippen molar-refractivity contribution in [1.82, 2.24) is 0 Å². The minimum absolute atomic E-state index is 0.159. The third kappa shape index (κ3) is 1.54. The predicted octanol–water partition coefficient (Wildman–Crippen LogP) is -0.495. The summed E-state index contributed by atoms with van der Waals surface area (Å²) in [5.74, 6) is -1.14. The van der Waals surface area contributed by atoms with Gasteiger partial charge in [-0.1, -0.05) is 5.16 Å². The summed E-state index contributed by atoms with van der Waals surface area (Å²) in [6.45, 7) is 1.72. The summed E-state index contributed by atoms with van der Waals surface area (Å²) in [6.07, 6.45) is 0. The Morgan fingerprint density at radius 2 is 2.55 bits per heavy atom. The van der Waals surface area contributed by atoms with Gasteiger partial charge in [-0.25, -0.2) is 4.79 Å². The Hall–Kier alpha value is -1.39. The SMILES string of the molecule is CCOC(=O)C1=NOCC1=O. The molecule has 1 aliphatic heterocycles. The fourth-order valence-corrected chi connectivity index (χ4v) is 0.625. The Morgan fingerprint density at radius 3 is 3.00 bits per heavy atom.